The van der Waals surface area contributed by atoms with Crippen LogP contribution in [0.4, 0.5) is 0 Å². The fourth-order valence-electron chi connectivity index (χ4n) is 9.44. The van der Waals surface area contributed by atoms with Gasteiger partial charge in [-0.3, -0.25) is 14.2 Å². The molecule has 82 heavy (non-hydrogen) atoms. The summed E-state index contributed by atoms with van der Waals surface area (Å²) in [4.78, 5) is 38.0. The minimum atomic E-state index is -4.66. The smallest absolute Gasteiger partial charge is 0.306 e. The number of hydrogen-bond donors (Lipinski definition) is 0. The molecular formula is C72H128NO8P. The highest BCUT2D eigenvalue weighted by Gasteiger charge is 2.22. The van der Waals surface area contributed by atoms with E-state index in [0.29, 0.717) is 17.4 Å². The van der Waals surface area contributed by atoms with Crippen molar-refractivity contribution in [3.63, 3.8) is 0 Å². The van der Waals surface area contributed by atoms with Crippen LogP contribution < -0.4 is 4.89 Å². The highest BCUT2D eigenvalue weighted by molar-refractivity contribution is 7.45. The van der Waals surface area contributed by atoms with E-state index in [-0.39, 0.29) is 26.1 Å². The van der Waals surface area contributed by atoms with Crippen molar-refractivity contribution in [1.29, 1.82) is 0 Å². The van der Waals surface area contributed by atoms with Crippen LogP contribution in [-0.2, 0) is 32.7 Å². The standard InChI is InChI=1S/C72H128NO8P/c1-6-8-10-12-14-16-18-20-22-24-26-28-30-32-34-35-36-37-39-40-42-44-46-48-50-52-54-56-58-60-62-64-71(74)78-68-70(69-80-82(76,77)79-67-66-73(3,4)5)81-72(75)65-63-61-59-57-55-53-51-49-47-45-43-41-38-33-31-29-27-25-23-21-19-17-15-13-11-9-7-2/h9,11,15,17,21,23,27,29,33,38,43,45,49,51,55,57,70H,6-8,10,12-14,16,18-20,22,24-26,28,30-32,34-37,39-42,44,46-48,50,52-54,56,58-69H2,1-5H3/b11-9-,17-15-,23-21-,29-27-,38-33-,45-43-,51-49-,57-55-. The maximum Gasteiger partial charge on any atom is 0.306 e. The molecule has 10 heteroatoms. The minimum Gasteiger partial charge on any atom is -0.756 e. The molecule has 0 aliphatic carbocycles. The van der Waals surface area contributed by atoms with Crippen molar-refractivity contribution in [1.82, 2.24) is 0 Å². The Kier molecular flexibility index (Phi) is 60.1. The molecule has 0 amide bonds. The van der Waals surface area contributed by atoms with Gasteiger partial charge in [-0.1, -0.05) is 304 Å². The van der Waals surface area contributed by atoms with Crippen LogP contribution >= 0.6 is 7.82 Å². The van der Waals surface area contributed by atoms with Crippen LogP contribution in [0.25, 0.3) is 0 Å². The number of phosphoric ester groups is 1. The second-order valence-electron chi connectivity index (χ2n) is 23.8. The molecule has 2 unspecified atom stereocenters. The van der Waals surface area contributed by atoms with Crippen molar-refractivity contribution in [3.05, 3.63) is 97.2 Å². The summed E-state index contributed by atoms with van der Waals surface area (Å²) in [5.74, 6) is -0.880. The van der Waals surface area contributed by atoms with Gasteiger partial charge in [-0.15, -0.1) is 0 Å². The Morgan fingerprint density at radius 2 is 0.695 bits per heavy atom. The number of phosphoric acid groups is 1. The first-order chi connectivity index (χ1) is 40.0. The fraction of sp³-hybridized carbons (Fsp3) is 0.750. The van der Waals surface area contributed by atoms with Gasteiger partial charge in [-0.2, -0.15) is 0 Å². The van der Waals surface area contributed by atoms with E-state index in [4.69, 9.17) is 18.5 Å². The summed E-state index contributed by atoms with van der Waals surface area (Å²) >= 11 is 0. The zero-order valence-corrected chi connectivity index (χ0v) is 54.8. The van der Waals surface area contributed by atoms with E-state index in [9.17, 15) is 19.0 Å². The maximum absolute atomic E-state index is 12.8. The average Bonchev–Trinajstić information content (AvgIpc) is 3.46. The summed E-state index contributed by atoms with van der Waals surface area (Å²) in [6.45, 7) is 4.10. The summed E-state index contributed by atoms with van der Waals surface area (Å²) in [5, 5.41) is 0. The van der Waals surface area contributed by atoms with Gasteiger partial charge < -0.3 is 27.9 Å². The predicted octanol–water partition coefficient (Wildman–Crippen LogP) is 21.3. The molecule has 0 fully saturated rings. The molecule has 0 aliphatic heterocycles. The Morgan fingerprint density at radius 1 is 0.390 bits per heavy atom. The number of esters is 2. The molecular weight excluding hydrogens is 1040 g/mol. The van der Waals surface area contributed by atoms with E-state index in [0.717, 1.165) is 83.5 Å². The second kappa shape index (κ2) is 62.5. The lowest BCUT2D eigenvalue weighted by molar-refractivity contribution is -0.870. The lowest BCUT2D eigenvalue weighted by Gasteiger charge is -2.28. The fourth-order valence-corrected chi connectivity index (χ4v) is 10.2. The molecule has 0 saturated carbocycles. The lowest BCUT2D eigenvalue weighted by atomic mass is 10.0. The molecule has 0 aliphatic rings. The Morgan fingerprint density at radius 3 is 1.04 bits per heavy atom. The number of likely N-dealkylation sites (N-methyl/N-ethyl adjacent to an activating group) is 1. The van der Waals surface area contributed by atoms with Gasteiger partial charge in [0.1, 0.15) is 19.8 Å². The van der Waals surface area contributed by atoms with E-state index in [2.05, 4.69) is 111 Å². The average molecular weight is 1170 g/mol. The first-order valence-electron chi connectivity index (χ1n) is 33.9. The highest BCUT2D eigenvalue weighted by Crippen LogP contribution is 2.38. The van der Waals surface area contributed by atoms with Gasteiger partial charge >= 0.3 is 11.9 Å². The number of quaternary nitrogens is 1. The van der Waals surface area contributed by atoms with Crippen molar-refractivity contribution < 1.29 is 42.1 Å². The maximum atomic E-state index is 12.8. The van der Waals surface area contributed by atoms with Gasteiger partial charge in [0, 0.05) is 12.8 Å². The van der Waals surface area contributed by atoms with E-state index < -0.39 is 32.5 Å². The molecule has 0 aromatic heterocycles. The monoisotopic (exact) mass is 1170 g/mol. The van der Waals surface area contributed by atoms with Crippen LogP contribution in [0.5, 0.6) is 0 Å². The predicted molar refractivity (Wildman–Crippen MR) is 351 cm³/mol. The number of rotatable bonds is 62. The SMILES string of the molecule is CC/C=C\C/C=C\C/C=C\C/C=C\C/C=C\C/C=C\C/C=C\C/C=C\CCCCC(=O)OC(COC(=O)CCCCCCCCCCCCCCCCCCCCCCCCCCCCCCCCC)COP(=O)([O-])OCC[N+](C)(C)C. The molecule has 0 aromatic carbocycles. The minimum absolute atomic E-state index is 0.0432. The number of allylic oxidation sites excluding steroid dienone is 16. The van der Waals surface area contributed by atoms with Crippen molar-refractivity contribution in [2.45, 2.75) is 302 Å². The van der Waals surface area contributed by atoms with Gasteiger partial charge in [0.2, 0.25) is 0 Å². The van der Waals surface area contributed by atoms with E-state index in [1.807, 2.05) is 21.1 Å². The van der Waals surface area contributed by atoms with Crippen molar-refractivity contribution >= 4 is 19.8 Å². The molecule has 0 bridgehead atoms. The summed E-state index contributed by atoms with van der Waals surface area (Å²) in [7, 11) is 1.13. The Bertz CT molecular complexity index is 1710. The Hall–Kier alpha value is -3.07. The van der Waals surface area contributed by atoms with Gasteiger partial charge in [-0.25, -0.2) is 0 Å². The summed E-state index contributed by atoms with van der Waals surface area (Å²) < 4.78 is 34.2. The second-order valence-corrected chi connectivity index (χ2v) is 25.2. The molecule has 0 rings (SSSR count). The molecule has 0 heterocycles. The zero-order valence-electron chi connectivity index (χ0n) is 53.9. The lowest BCUT2D eigenvalue weighted by Crippen LogP contribution is -2.37. The molecule has 0 saturated heterocycles. The number of carbonyl (C=O) groups is 2. The molecule has 2 atom stereocenters. The Balaban J connectivity index is 4.13. The van der Waals surface area contributed by atoms with Crippen LogP contribution in [0.15, 0.2) is 97.2 Å². The third kappa shape index (κ3) is 66.1. The van der Waals surface area contributed by atoms with Crippen LogP contribution in [0.1, 0.15) is 296 Å². The molecule has 0 N–H and O–H groups in total. The Labute approximate surface area is 506 Å². The number of ether oxygens (including phenoxy) is 2. The van der Waals surface area contributed by atoms with Crippen LogP contribution in [0.2, 0.25) is 0 Å². The van der Waals surface area contributed by atoms with Crippen molar-refractivity contribution in [3.8, 4) is 0 Å². The summed E-state index contributed by atoms with van der Waals surface area (Å²) in [5.41, 5.74) is 0. The van der Waals surface area contributed by atoms with Gasteiger partial charge in [0.25, 0.3) is 7.82 Å². The van der Waals surface area contributed by atoms with Gasteiger partial charge in [0.15, 0.2) is 6.10 Å². The third-order valence-corrected chi connectivity index (χ3v) is 15.6. The summed E-state index contributed by atoms with van der Waals surface area (Å²) in [6, 6.07) is 0. The number of hydrogen-bond acceptors (Lipinski definition) is 8. The zero-order chi connectivity index (χ0) is 59.8. The van der Waals surface area contributed by atoms with Crippen LogP contribution in [0.3, 0.4) is 0 Å². The molecule has 9 nitrogen and oxygen atoms in total. The molecule has 0 radical (unpaired) electrons. The van der Waals surface area contributed by atoms with Crippen molar-refractivity contribution in [2.75, 3.05) is 47.5 Å². The normalized spacial score (nSPS) is 13.8. The summed E-state index contributed by atoms with van der Waals surface area (Å²) in [6.07, 6.45) is 86.4. The topological polar surface area (TPSA) is 111 Å². The molecule has 0 spiro atoms. The molecule has 0 aromatic rings. The number of unbranched alkanes of at least 4 members (excludes halogenated alkanes) is 32. The first kappa shape index (κ1) is 78.9. The van der Waals surface area contributed by atoms with Gasteiger partial charge in [-0.05, 0) is 77.0 Å². The van der Waals surface area contributed by atoms with Crippen molar-refractivity contribution in [2.24, 2.45) is 0 Å². The quantitative estimate of drug-likeness (QED) is 0.0195. The number of carbonyl (C=O) groups excluding carboxylic acids is 2. The van der Waals surface area contributed by atoms with E-state index >= 15 is 0 Å². The van der Waals surface area contributed by atoms with Crippen LogP contribution in [-0.4, -0.2) is 70.0 Å². The molecule has 474 valence electrons. The first-order valence-corrected chi connectivity index (χ1v) is 35.4. The van der Waals surface area contributed by atoms with Gasteiger partial charge in [0.05, 0.1) is 27.7 Å². The largest absolute Gasteiger partial charge is 0.756 e. The number of nitrogens with zero attached hydrogens (tertiary/aromatic N) is 1. The van der Waals surface area contributed by atoms with E-state index in [1.165, 1.54) is 180 Å². The van der Waals surface area contributed by atoms with Crippen LogP contribution in [0, 0.1) is 0 Å². The third-order valence-electron chi connectivity index (χ3n) is 14.6. The van der Waals surface area contributed by atoms with E-state index in [1.54, 1.807) is 0 Å². The highest BCUT2D eigenvalue weighted by atomic mass is 31.2.